The Morgan fingerprint density at radius 3 is 2.13 bits per heavy atom. The van der Waals surface area contributed by atoms with E-state index in [9.17, 15) is 9.36 Å². The van der Waals surface area contributed by atoms with Crippen LogP contribution in [-0.2, 0) is 20.5 Å². The number of hydrogen-bond donors (Lipinski definition) is 0. The lowest BCUT2D eigenvalue weighted by Crippen LogP contribution is -2.27. The molecule has 154 valence electrons. The van der Waals surface area contributed by atoms with Crippen LogP contribution in [-0.4, -0.2) is 12.6 Å². The molecule has 4 rings (SSSR count). The summed E-state index contributed by atoms with van der Waals surface area (Å²) in [7, 11) is -2.97. The van der Waals surface area contributed by atoms with Gasteiger partial charge in [0.1, 0.15) is 0 Å². The average Bonchev–Trinajstić information content (AvgIpc) is 3.18. The van der Waals surface area contributed by atoms with Crippen molar-refractivity contribution >= 4 is 29.0 Å². The number of carbonyl (C=O) groups is 1. The number of hydrogen-bond acceptors (Lipinski definition) is 3. The molecule has 1 aliphatic carbocycles. The predicted octanol–water partition coefficient (Wildman–Crippen LogP) is 4.62. The predicted molar refractivity (Wildman–Crippen MR) is 123 cm³/mol. The van der Waals surface area contributed by atoms with Gasteiger partial charge in [0, 0.05) is 22.8 Å². The topological polar surface area (TPSA) is 43.4 Å². The zero-order valence-corrected chi connectivity index (χ0v) is 18.4. The van der Waals surface area contributed by atoms with Gasteiger partial charge in [0.25, 0.3) is 0 Å². The van der Waals surface area contributed by atoms with Gasteiger partial charge in [-0.05, 0) is 48.8 Å². The van der Waals surface area contributed by atoms with Gasteiger partial charge in [0.15, 0.2) is 7.14 Å². The number of rotatable bonds is 6. The molecule has 0 aromatic heterocycles. The number of esters is 1. The molecule has 0 heterocycles. The second-order valence-corrected chi connectivity index (χ2v) is 10.7. The third-order valence-corrected chi connectivity index (χ3v) is 9.35. The molecule has 0 saturated heterocycles. The summed E-state index contributed by atoms with van der Waals surface area (Å²) in [5, 5.41) is 2.66. The van der Waals surface area contributed by atoms with E-state index in [0.29, 0.717) is 12.5 Å². The maximum atomic E-state index is 14.7. The van der Waals surface area contributed by atoms with E-state index in [4.69, 9.17) is 4.74 Å². The first-order valence-electron chi connectivity index (χ1n) is 10.5. The molecule has 1 aliphatic rings. The minimum atomic E-state index is -2.97. The second-order valence-electron chi connectivity index (χ2n) is 7.92. The zero-order chi connectivity index (χ0) is 21.1. The van der Waals surface area contributed by atoms with Gasteiger partial charge in [0.05, 0.1) is 6.61 Å². The van der Waals surface area contributed by atoms with Gasteiger partial charge in [-0.1, -0.05) is 72.8 Å². The first-order chi connectivity index (χ1) is 14.5. The summed E-state index contributed by atoms with van der Waals surface area (Å²) in [5.74, 6) is 0.159. The van der Waals surface area contributed by atoms with Crippen LogP contribution < -0.4 is 15.9 Å². The Labute approximate surface area is 178 Å². The van der Waals surface area contributed by atoms with Crippen molar-refractivity contribution in [3.8, 4) is 0 Å². The van der Waals surface area contributed by atoms with Gasteiger partial charge < -0.3 is 9.30 Å². The maximum absolute atomic E-state index is 14.7. The van der Waals surface area contributed by atoms with E-state index < -0.39 is 7.14 Å². The van der Waals surface area contributed by atoms with Crippen LogP contribution in [0.15, 0.2) is 72.8 Å². The van der Waals surface area contributed by atoms with Gasteiger partial charge in [0.2, 0.25) is 0 Å². The van der Waals surface area contributed by atoms with E-state index in [2.05, 4.69) is 19.1 Å². The zero-order valence-electron chi connectivity index (χ0n) is 17.5. The number of fused-ring (bicyclic) bond motifs is 1. The van der Waals surface area contributed by atoms with Crippen molar-refractivity contribution in [3.63, 3.8) is 0 Å². The monoisotopic (exact) mass is 418 g/mol. The number of ether oxygens (including phenoxy) is 1. The lowest BCUT2D eigenvalue weighted by Gasteiger charge is -2.23. The standard InChI is InChI=1S/C26H27O3P/c1-19-24-14-13-21(17-18-29-20(2)27)25(24)15-16-26(19)30(28,22-9-5-3-6-10-22)23-11-7-4-8-12-23/h3-12,15-16,21H,13-14,17-18H2,1-2H3. The van der Waals surface area contributed by atoms with Crippen molar-refractivity contribution in [2.24, 2.45) is 0 Å². The molecule has 0 fully saturated rings. The fourth-order valence-electron chi connectivity index (χ4n) is 4.64. The molecule has 0 aliphatic heterocycles. The van der Waals surface area contributed by atoms with E-state index in [-0.39, 0.29) is 5.97 Å². The fraction of sp³-hybridized carbons (Fsp3) is 0.269. The highest BCUT2D eigenvalue weighted by Gasteiger charge is 2.34. The van der Waals surface area contributed by atoms with Gasteiger partial charge in [-0.3, -0.25) is 4.79 Å². The molecule has 0 saturated carbocycles. The van der Waals surface area contributed by atoms with Gasteiger partial charge in [-0.15, -0.1) is 0 Å². The SMILES string of the molecule is CC(=O)OCCC1CCc2c1ccc(P(=O)(c1ccccc1)c1ccccc1)c2C. The molecule has 0 N–H and O–H groups in total. The Hall–Kier alpha value is -2.64. The van der Waals surface area contributed by atoms with Gasteiger partial charge in [-0.2, -0.15) is 0 Å². The Bertz CT molecular complexity index is 1050. The van der Waals surface area contributed by atoms with E-state index in [1.807, 2.05) is 60.7 Å². The first kappa shape index (κ1) is 20.6. The Balaban J connectivity index is 1.77. The molecule has 0 spiro atoms. The van der Waals surface area contributed by atoms with Crippen molar-refractivity contribution < 1.29 is 14.1 Å². The van der Waals surface area contributed by atoms with Crippen LogP contribution >= 0.6 is 7.14 Å². The largest absolute Gasteiger partial charge is 0.466 e. The molecule has 0 amide bonds. The molecule has 0 radical (unpaired) electrons. The van der Waals surface area contributed by atoms with Gasteiger partial charge in [-0.25, -0.2) is 0 Å². The highest BCUT2D eigenvalue weighted by atomic mass is 31.2. The van der Waals surface area contributed by atoms with Crippen LogP contribution in [0.2, 0.25) is 0 Å². The molecule has 1 unspecified atom stereocenters. The normalized spacial score (nSPS) is 15.6. The van der Waals surface area contributed by atoms with Crippen molar-refractivity contribution in [2.75, 3.05) is 6.61 Å². The molecule has 3 aromatic carbocycles. The summed E-state index contributed by atoms with van der Waals surface area (Å²) in [5.41, 5.74) is 3.77. The summed E-state index contributed by atoms with van der Waals surface area (Å²) < 4.78 is 19.9. The molecule has 3 aromatic rings. The smallest absolute Gasteiger partial charge is 0.302 e. The second kappa shape index (κ2) is 8.62. The highest BCUT2D eigenvalue weighted by molar-refractivity contribution is 7.85. The fourth-order valence-corrected chi connectivity index (χ4v) is 7.57. The van der Waals surface area contributed by atoms with Crippen molar-refractivity contribution in [2.45, 2.75) is 39.0 Å². The van der Waals surface area contributed by atoms with E-state index in [0.717, 1.165) is 40.7 Å². The molecule has 30 heavy (non-hydrogen) atoms. The van der Waals surface area contributed by atoms with Crippen molar-refractivity contribution in [1.82, 2.24) is 0 Å². The highest BCUT2D eigenvalue weighted by Crippen LogP contribution is 2.46. The lowest BCUT2D eigenvalue weighted by molar-refractivity contribution is -0.141. The quantitative estimate of drug-likeness (QED) is 0.434. The van der Waals surface area contributed by atoms with Gasteiger partial charge >= 0.3 is 5.97 Å². The third kappa shape index (κ3) is 3.75. The van der Waals surface area contributed by atoms with E-state index in [1.165, 1.54) is 18.1 Å². The minimum Gasteiger partial charge on any atom is -0.466 e. The van der Waals surface area contributed by atoms with Crippen LogP contribution in [0.5, 0.6) is 0 Å². The molecule has 3 nitrogen and oxygen atoms in total. The molecular weight excluding hydrogens is 391 g/mol. The number of carbonyl (C=O) groups excluding carboxylic acids is 1. The summed E-state index contributed by atoms with van der Waals surface area (Å²) >= 11 is 0. The summed E-state index contributed by atoms with van der Waals surface area (Å²) in [6.07, 6.45) is 2.85. The lowest BCUT2D eigenvalue weighted by atomic mass is 9.97. The third-order valence-electron chi connectivity index (χ3n) is 6.14. The average molecular weight is 418 g/mol. The van der Waals surface area contributed by atoms with Crippen molar-refractivity contribution in [1.29, 1.82) is 0 Å². The Kier molecular flexibility index (Phi) is 5.92. The van der Waals surface area contributed by atoms with Crippen LogP contribution in [0.1, 0.15) is 42.4 Å². The van der Waals surface area contributed by atoms with E-state index >= 15 is 0 Å². The Morgan fingerprint density at radius 1 is 0.967 bits per heavy atom. The van der Waals surface area contributed by atoms with Crippen LogP contribution in [0.3, 0.4) is 0 Å². The molecule has 1 atom stereocenters. The van der Waals surface area contributed by atoms with Crippen molar-refractivity contribution in [3.05, 3.63) is 89.5 Å². The number of benzene rings is 3. The minimum absolute atomic E-state index is 0.230. The molecule has 0 bridgehead atoms. The maximum Gasteiger partial charge on any atom is 0.302 e. The summed E-state index contributed by atoms with van der Waals surface area (Å²) in [6, 6.07) is 23.9. The van der Waals surface area contributed by atoms with Crippen LogP contribution in [0.4, 0.5) is 0 Å². The first-order valence-corrected chi connectivity index (χ1v) is 12.2. The van der Waals surface area contributed by atoms with E-state index in [1.54, 1.807) is 0 Å². The van der Waals surface area contributed by atoms with Crippen LogP contribution in [0.25, 0.3) is 0 Å². The molecule has 4 heteroatoms. The van der Waals surface area contributed by atoms with Crippen LogP contribution in [0, 0.1) is 6.92 Å². The summed E-state index contributed by atoms with van der Waals surface area (Å²) in [4.78, 5) is 11.1. The Morgan fingerprint density at radius 2 is 1.57 bits per heavy atom. The summed E-state index contributed by atoms with van der Waals surface area (Å²) in [6.45, 7) is 4.01. The molecular formula is C26H27O3P.